The molecule has 112 valence electrons. The largest absolute Gasteiger partial charge is 0.494 e. The summed E-state index contributed by atoms with van der Waals surface area (Å²) in [6.45, 7) is 1.41. The summed E-state index contributed by atoms with van der Waals surface area (Å²) in [5.74, 6) is -0.254. The second-order valence-corrected chi connectivity index (χ2v) is 5.33. The molecule has 0 radical (unpaired) electrons. The Bertz CT molecular complexity index is 615. The minimum absolute atomic E-state index is 0.00702. The zero-order valence-corrected chi connectivity index (χ0v) is 12.5. The number of amides is 1. The SMILES string of the molecule is COc1c(N=O)cc(Cl)c2c1C(=O)C[C@@H](NC(C)=O)CC2. The van der Waals surface area contributed by atoms with Gasteiger partial charge < -0.3 is 10.1 Å². The van der Waals surface area contributed by atoms with E-state index in [1.165, 1.54) is 20.1 Å². The van der Waals surface area contributed by atoms with E-state index in [2.05, 4.69) is 10.5 Å². The number of ether oxygens (including phenoxy) is 1. The van der Waals surface area contributed by atoms with E-state index >= 15 is 0 Å². The summed E-state index contributed by atoms with van der Waals surface area (Å²) in [5.41, 5.74) is 0.943. The molecule has 6 nitrogen and oxygen atoms in total. The lowest BCUT2D eigenvalue weighted by Gasteiger charge is -2.13. The molecule has 0 heterocycles. The molecule has 7 heteroatoms. The lowest BCUT2D eigenvalue weighted by atomic mass is 9.99. The number of hydrogen-bond donors (Lipinski definition) is 1. The topological polar surface area (TPSA) is 84.8 Å². The third-order valence-electron chi connectivity index (χ3n) is 3.48. The van der Waals surface area contributed by atoms with Crippen LogP contribution in [0.4, 0.5) is 5.69 Å². The number of nitrogens with zero attached hydrogens (tertiary/aromatic N) is 1. The van der Waals surface area contributed by atoms with Gasteiger partial charge in [0.25, 0.3) is 0 Å². The Hall–Kier alpha value is -1.95. The first-order valence-corrected chi connectivity index (χ1v) is 6.88. The number of carbonyl (C=O) groups excluding carboxylic acids is 2. The molecule has 1 atom stereocenters. The second kappa shape index (κ2) is 6.22. The van der Waals surface area contributed by atoms with E-state index < -0.39 is 0 Å². The average Bonchev–Trinajstić information content (AvgIpc) is 2.58. The van der Waals surface area contributed by atoms with Crippen molar-refractivity contribution in [3.8, 4) is 5.75 Å². The predicted molar refractivity (Wildman–Crippen MR) is 78.3 cm³/mol. The van der Waals surface area contributed by atoms with Gasteiger partial charge in [0.15, 0.2) is 17.2 Å². The highest BCUT2D eigenvalue weighted by atomic mass is 35.5. The number of fused-ring (bicyclic) bond motifs is 1. The van der Waals surface area contributed by atoms with Crippen molar-refractivity contribution in [1.29, 1.82) is 0 Å². The van der Waals surface area contributed by atoms with Crippen molar-refractivity contribution < 1.29 is 14.3 Å². The van der Waals surface area contributed by atoms with Crippen LogP contribution in [0.15, 0.2) is 11.2 Å². The summed E-state index contributed by atoms with van der Waals surface area (Å²) >= 11 is 6.15. The summed E-state index contributed by atoms with van der Waals surface area (Å²) < 4.78 is 5.17. The van der Waals surface area contributed by atoms with E-state index in [4.69, 9.17) is 16.3 Å². The summed E-state index contributed by atoms with van der Waals surface area (Å²) in [4.78, 5) is 34.5. The molecule has 1 aromatic carbocycles. The first-order valence-electron chi connectivity index (χ1n) is 6.51. The first-order chi connectivity index (χ1) is 9.97. The molecule has 1 amide bonds. The zero-order valence-electron chi connectivity index (χ0n) is 11.7. The van der Waals surface area contributed by atoms with Gasteiger partial charge >= 0.3 is 0 Å². The number of nitrogens with one attached hydrogen (secondary N) is 1. The normalized spacial score (nSPS) is 17.7. The number of Topliss-reactive ketones (excluding diaryl/α,β-unsaturated/α-hetero) is 1. The highest BCUT2D eigenvalue weighted by molar-refractivity contribution is 6.32. The molecule has 2 rings (SSSR count). The fraction of sp³-hybridized carbons (Fsp3) is 0.429. The predicted octanol–water partition coefficient (Wildman–Crippen LogP) is 2.77. The molecule has 1 N–H and O–H groups in total. The van der Waals surface area contributed by atoms with Crippen LogP contribution in [0.3, 0.4) is 0 Å². The molecular weight excluding hydrogens is 296 g/mol. The highest BCUT2D eigenvalue weighted by Gasteiger charge is 2.29. The smallest absolute Gasteiger partial charge is 0.217 e. The van der Waals surface area contributed by atoms with Crippen LogP contribution in [0.5, 0.6) is 5.75 Å². The minimum atomic E-state index is -0.254. The van der Waals surface area contributed by atoms with Crippen LogP contribution in [0.1, 0.15) is 35.7 Å². The van der Waals surface area contributed by atoms with Crippen molar-refractivity contribution in [1.82, 2.24) is 5.32 Å². The van der Waals surface area contributed by atoms with Gasteiger partial charge in [-0.2, -0.15) is 0 Å². The molecule has 1 aliphatic carbocycles. The summed E-state index contributed by atoms with van der Waals surface area (Å²) in [6, 6.07) is 1.15. The number of hydrogen-bond acceptors (Lipinski definition) is 5. The Morgan fingerprint density at radius 1 is 1.52 bits per heavy atom. The molecule has 0 spiro atoms. The first kappa shape index (κ1) is 15.4. The fourth-order valence-corrected chi connectivity index (χ4v) is 2.92. The lowest BCUT2D eigenvalue weighted by Crippen LogP contribution is -2.34. The maximum absolute atomic E-state index is 12.5. The van der Waals surface area contributed by atoms with Crippen molar-refractivity contribution in [3.63, 3.8) is 0 Å². The van der Waals surface area contributed by atoms with Gasteiger partial charge in [-0.15, -0.1) is 4.91 Å². The van der Waals surface area contributed by atoms with Crippen LogP contribution < -0.4 is 10.1 Å². The van der Waals surface area contributed by atoms with Gasteiger partial charge in [-0.3, -0.25) is 9.59 Å². The third kappa shape index (κ3) is 3.05. The number of halogens is 1. The maximum atomic E-state index is 12.5. The number of benzene rings is 1. The number of ketones is 1. The summed E-state index contributed by atoms with van der Waals surface area (Å²) in [7, 11) is 1.38. The number of methoxy groups -OCH3 is 1. The van der Waals surface area contributed by atoms with E-state index in [1.807, 2.05) is 0 Å². The molecule has 0 saturated heterocycles. The van der Waals surface area contributed by atoms with Gasteiger partial charge in [0.2, 0.25) is 5.91 Å². The van der Waals surface area contributed by atoms with Crippen molar-refractivity contribution in [2.45, 2.75) is 32.2 Å². The van der Waals surface area contributed by atoms with Crippen LogP contribution in [-0.4, -0.2) is 24.8 Å². The van der Waals surface area contributed by atoms with E-state index in [9.17, 15) is 14.5 Å². The van der Waals surface area contributed by atoms with Crippen LogP contribution in [-0.2, 0) is 11.2 Å². The van der Waals surface area contributed by atoms with Gasteiger partial charge in [0.1, 0.15) is 0 Å². The van der Waals surface area contributed by atoms with Crippen LogP contribution in [0.2, 0.25) is 5.02 Å². The molecule has 0 bridgehead atoms. The Kier molecular flexibility index (Phi) is 4.57. The zero-order chi connectivity index (χ0) is 15.6. The van der Waals surface area contributed by atoms with Gasteiger partial charge in [0, 0.05) is 24.4 Å². The van der Waals surface area contributed by atoms with Gasteiger partial charge in [-0.1, -0.05) is 11.6 Å². The van der Waals surface area contributed by atoms with Gasteiger partial charge in [0.05, 0.1) is 12.7 Å². The molecule has 0 unspecified atom stereocenters. The van der Waals surface area contributed by atoms with Crippen molar-refractivity contribution in [3.05, 3.63) is 27.1 Å². The van der Waals surface area contributed by atoms with Crippen LogP contribution in [0.25, 0.3) is 0 Å². The van der Waals surface area contributed by atoms with Crippen molar-refractivity contribution >= 4 is 29.0 Å². The van der Waals surface area contributed by atoms with Gasteiger partial charge in [-0.05, 0) is 29.6 Å². The fourth-order valence-electron chi connectivity index (χ4n) is 2.63. The number of rotatable bonds is 3. The standard InChI is InChI=1S/C14H15ClN2O4/c1-7(18)16-8-3-4-9-10(15)6-11(17-20)14(21-2)13(9)12(19)5-8/h6,8H,3-5H2,1-2H3,(H,16,18)/t8-/m0/s1. The molecule has 1 aromatic rings. The van der Waals surface area contributed by atoms with E-state index in [1.54, 1.807) is 0 Å². The molecule has 0 aromatic heterocycles. The minimum Gasteiger partial charge on any atom is -0.494 e. The molecule has 0 saturated carbocycles. The maximum Gasteiger partial charge on any atom is 0.217 e. The van der Waals surface area contributed by atoms with E-state index in [-0.39, 0.29) is 35.6 Å². The Labute approximate surface area is 126 Å². The molecule has 0 fully saturated rings. The highest BCUT2D eigenvalue weighted by Crippen LogP contribution is 2.41. The van der Waals surface area contributed by atoms with Crippen molar-refractivity contribution in [2.75, 3.05) is 7.11 Å². The van der Waals surface area contributed by atoms with E-state index in [0.29, 0.717) is 29.0 Å². The average molecular weight is 311 g/mol. The Morgan fingerprint density at radius 3 is 2.81 bits per heavy atom. The lowest BCUT2D eigenvalue weighted by molar-refractivity contribution is -0.119. The monoisotopic (exact) mass is 310 g/mol. The quantitative estimate of drug-likeness (QED) is 0.687. The van der Waals surface area contributed by atoms with Gasteiger partial charge in [-0.25, -0.2) is 0 Å². The Balaban J connectivity index is 2.50. The summed E-state index contributed by atoms with van der Waals surface area (Å²) in [5, 5.41) is 5.92. The molecular formula is C14H15ClN2O4. The van der Waals surface area contributed by atoms with E-state index in [0.717, 1.165) is 0 Å². The van der Waals surface area contributed by atoms with Crippen LogP contribution >= 0.6 is 11.6 Å². The Morgan fingerprint density at radius 2 is 2.24 bits per heavy atom. The third-order valence-corrected chi connectivity index (χ3v) is 3.81. The molecule has 1 aliphatic rings. The second-order valence-electron chi connectivity index (χ2n) is 4.92. The summed E-state index contributed by atoms with van der Waals surface area (Å²) in [6.07, 6.45) is 1.25. The number of nitroso groups, excluding NO2 is 1. The number of carbonyl (C=O) groups is 2. The van der Waals surface area contributed by atoms with Crippen LogP contribution in [0, 0.1) is 4.91 Å². The molecule has 21 heavy (non-hydrogen) atoms. The molecule has 0 aliphatic heterocycles. The van der Waals surface area contributed by atoms with Crippen molar-refractivity contribution in [2.24, 2.45) is 5.18 Å².